The van der Waals surface area contributed by atoms with E-state index in [0.717, 1.165) is 0 Å². The summed E-state index contributed by atoms with van der Waals surface area (Å²) in [6.45, 7) is 0. The maximum Gasteiger partial charge on any atom is 0.285 e. The number of amides is 1. The van der Waals surface area contributed by atoms with Crippen LogP contribution in [0.2, 0.25) is 5.02 Å². The molecule has 0 saturated carbocycles. The van der Waals surface area contributed by atoms with E-state index in [1.165, 1.54) is 12.1 Å². The van der Waals surface area contributed by atoms with E-state index in [-0.39, 0.29) is 11.6 Å². The van der Waals surface area contributed by atoms with Gasteiger partial charge in [0.25, 0.3) is 11.6 Å². The molecular formula is C13H7Br2ClN2O3. The van der Waals surface area contributed by atoms with Crippen molar-refractivity contribution in [2.24, 2.45) is 0 Å². The fourth-order valence-corrected chi connectivity index (χ4v) is 2.46. The molecule has 1 amide bonds. The average molecular weight is 434 g/mol. The molecule has 0 aliphatic rings. The lowest BCUT2D eigenvalue weighted by Crippen LogP contribution is -2.12. The smallest absolute Gasteiger partial charge is 0.285 e. The molecule has 2 aromatic rings. The number of hydrogen-bond acceptors (Lipinski definition) is 3. The Kier molecular flexibility index (Phi) is 4.97. The van der Waals surface area contributed by atoms with Gasteiger partial charge in [-0.1, -0.05) is 11.6 Å². The molecule has 5 nitrogen and oxygen atoms in total. The van der Waals surface area contributed by atoms with E-state index in [1.807, 2.05) is 0 Å². The number of rotatable bonds is 3. The van der Waals surface area contributed by atoms with Gasteiger partial charge in [-0.05, 0) is 62.2 Å². The number of nitrogens with zero attached hydrogens (tertiary/aromatic N) is 1. The second-order valence-electron chi connectivity index (χ2n) is 4.01. The van der Waals surface area contributed by atoms with E-state index in [2.05, 4.69) is 37.2 Å². The summed E-state index contributed by atoms with van der Waals surface area (Å²) in [4.78, 5) is 22.4. The number of carbonyl (C=O) groups excluding carboxylic acids is 1. The molecule has 21 heavy (non-hydrogen) atoms. The van der Waals surface area contributed by atoms with E-state index >= 15 is 0 Å². The minimum absolute atomic E-state index is 0.120. The number of nitrogens with one attached hydrogen (secondary N) is 1. The third kappa shape index (κ3) is 3.81. The molecule has 8 heteroatoms. The molecule has 0 aliphatic carbocycles. The van der Waals surface area contributed by atoms with Crippen LogP contribution in [0, 0.1) is 10.1 Å². The average Bonchev–Trinajstić information content (AvgIpc) is 2.43. The number of hydrogen-bond donors (Lipinski definition) is 1. The van der Waals surface area contributed by atoms with Gasteiger partial charge in [0.2, 0.25) is 0 Å². The van der Waals surface area contributed by atoms with Gasteiger partial charge in [-0.15, -0.1) is 0 Å². The van der Waals surface area contributed by atoms with Gasteiger partial charge in [0.15, 0.2) is 0 Å². The molecule has 0 unspecified atom stereocenters. The zero-order valence-electron chi connectivity index (χ0n) is 10.3. The minimum Gasteiger partial charge on any atom is -0.322 e. The number of carbonyl (C=O) groups is 1. The third-order valence-corrected chi connectivity index (χ3v) is 4.47. The molecule has 0 aliphatic heterocycles. The summed E-state index contributed by atoms with van der Waals surface area (Å²) in [6, 6.07) is 9.09. The Hall–Kier alpha value is -1.44. The Labute approximate surface area is 141 Å². The number of anilines is 1. The van der Waals surface area contributed by atoms with Crippen molar-refractivity contribution in [2.75, 3.05) is 5.32 Å². The summed E-state index contributed by atoms with van der Waals surface area (Å²) in [6.07, 6.45) is 0. The molecule has 2 rings (SSSR count). The van der Waals surface area contributed by atoms with E-state index in [0.29, 0.717) is 25.2 Å². The second kappa shape index (κ2) is 6.55. The first-order chi connectivity index (χ1) is 9.88. The highest BCUT2D eigenvalue weighted by molar-refractivity contribution is 9.11. The van der Waals surface area contributed by atoms with Crippen molar-refractivity contribution in [3.8, 4) is 0 Å². The van der Waals surface area contributed by atoms with Gasteiger partial charge in [0.1, 0.15) is 0 Å². The SMILES string of the molecule is O=C(Nc1ccc(Br)c([N+](=O)[O-])c1)c1ccc(Cl)c(Br)c1. The Morgan fingerprint density at radius 1 is 1.14 bits per heavy atom. The summed E-state index contributed by atoms with van der Waals surface area (Å²) < 4.78 is 0.943. The van der Waals surface area contributed by atoms with Crippen LogP contribution in [-0.4, -0.2) is 10.8 Å². The van der Waals surface area contributed by atoms with Crippen LogP contribution in [0.5, 0.6) is 0 Å². The molecule has 0 heterocycles. The highest BCUT2D eigenvalue weighted by Crippen LogP contribution is 2.28. The maximum absolute atomic E-state index is 12.1. The Balaban J connectivity index is 2.25. The summed E-state index contributed by atoms with van der Waals surface area (Å²) >= 11 is 12.2. The number of nitro benzene ring substituents is 1. The van der Waals surface area contributed by atoms with Crippen LogP contribution >= 0.6 is 43.5 Å². The fourth-order valence-electron chi connectivity index (χ4n) is 1.57. The monoisotopic (exact) mass is 432 g/mol. The predicted molar refractivity (Wildman–Crippen MR) is 87.9 cm³/mol. The fraction of sp³-hybridized carbons (Fsp3) is 0. The molecule has 0 radical (unpaired) electrons. The van der Waals surface area contributed by atoms with E-state index in [9.17, 15) is 14.9 Å². The van der Waals surface area contributed by atoms with Gasteiger partial charge >= 0.3 is 0 Å². The zero-order valence-corrected chi connectivity index (χ0v) is 14.2. The maximum atomic E-state index is 12.1. The Bertz CT molecular complexity index is 737. The van der Waals surface area contributed by atoms with Crippen LogP contribution in [0.4, 0.5) is 11.4 Å². The van der Waals surface area contributed by atoms with Gasteiger partial charge in [-0.2, -0.15) is 0 Å². The van der Waals surface area contributed by atoms with Crippen LogP contribution in [0.1, 0.15) is 10.4 Å². The summed E-state index contributed by atoms with van der Waals surface area (Å²) in [5.74, 6) is -0.385. The lowest BCUT2D eigenvalue weighted by Gasteiger charge is -2.07. The number of halogens is 3. The van der Waals surface area contributed by atoms with Gasteiger partial charge in [0, 0.05) is 21.8 Å². The molecular weight excluding hydrogens is 427 g/mol. The second-order valence-corrected chi connectivity index (χ2v) is 6.12. The first-order valence-corrected chi connectivity index (χ1v) is 7.55. The van der Waals surface area contributed by atoms with Gasteiger partial charge in [-0.25, -0.2) is 0 Å². The standard InChI is InChI=1S/C13H7Br2ClN2O3/c14-9-3-2-8(6-12(9)18(20)21)17-13(19)7-1-4-11(16)10(15)5-7/h1-6H,(H,17,19). The Morgan fingerprint density at radius 3 is 2.48 bits per heavy atom. The molecule has 0 bridgehead atoms. The molecule has 0 fully saturated rings. The van der Waals surface area contributed by atoms with E-state index in [1.54, 1.807) is 24.3 Å². The van der Waals surface area contributed by atoms with Crippen molar-refractivity contribution in [3.63, 3.8) is 0 Å². The quantitative estimate of drug-likeness (QED) is 0.544. The normalized spacial score (nSPS) is 10.2. The van der Waals surface area contributed by atoms with Crippen LogP contribution in [0.3, 0.4) is 0 Å². The largest absolute Gasteiger partial charge is 0.322 e. The van der Waals surface area contributed by atoms with Crippen molar-refractivity contribution >= 4 is 60.7 Å². The van der Waals surface area contributed by atoms with Gasteiger partial charge in [0.05, 0.1) is 14.4 Å². The molecule has 0 atom stereocenters. The van der Waals surface area contributed by atoms with Crippen LogP contribution in [0.15, 0.2) is 45.3 Å². The summed E-state index contributed by atoms with van der Waals surface area (Å²) in [7, 11) is 0. The number of nitro groups is 1. The molecule has 1 N–H and O–H groups in total. The highest BCUT2D eigenvalue weighted by atomic mass is 79.9. The molecule has 0 saturated heterocycles. The van der Waals surface area contributed by atoms with E-state index < -0.39 is 4.92 Å². The van der Waals surface area contributed by atoms with Crippen molar-refractivity contribution in [3.05, 3.63) is 66.0 Å². The highest BCUT2D eigenvalue weighted by Gasteiger charge is 2.14. The zero-order chi connectivity index (χ0) is 15.6. The summed E-state index contributed by atoms with van der Waals surface area (Å²) in [5.41, 5.74) is 0.600. The predicted octanol–water partition coefficient (Wildman–Crippen LogP) is 5.03. The van der Waals surface area contributed by atoms with Crippen LogP contribution < -0.4 is 5.32 Å². The van der Waals surface area contributed by atoms with Gasteiger partial charge < -0.3 is 5.32 Å². The van der Waals surface area contributed by atoms with E-state index in [4.69, 9.17) is 11.6 Å². The van der Waals surface area contributed by atoms with Crippen molar-refractivity contribution in [2.45, 2.75) is 0 Å². The first-order valence-electron chi connectivity index (χ1n) is 5.59. The van der Waals surface area contributed by atoms with Crippen LogP contribution in [0.25, 0.3) is 0 Å². The minimum atomic E-state index is -0.529. The van der Waals surface area contributed by atoms with Crippen LogP contribution in [-0.2, 0) is 0 Å². The molecule has 108 valence electrons. The van der Waals surface area contributed by atoms with Crippen molar-refractivity contribution in [1.82, 2.24) is 0 Å². The number of benzene rings is 2. The Morgan fingerprint density at radius 2 is 1.86 bits per heavy atom. The first kappa shape index (κ1) is 15.9. The molecule has 2 aromatic carbocycles. The molecule has 0 spiro atoms. The summed E-state index contributed by atoms with van der Waals surface area (Å²) in [5, 5.41) is 13.9. The topological polar surface area (TPSA) is 72.2 Å². The third-order valence-electron chi connectivity index (χ3n) is 2.58. The molecule has 0 aromatic heterocycles. The van der Waals surface area contributed by atoms with Gasteiger partial charge in [-0.3, -0.25) is 14.9 Å². The lowest BCUT2D eigenvalue weighted by atomic mass is 10.2. The van der Waals surface area contributed by atoms with Crippen molar-refractivity contribution in [1.29, 1.82) is 0 Å². The lowest BCUT2D eigenvalue weighted by molar-refractivity contribution is -0.385. The van der Waals surface area contributed by atoms with Crippen molar-refractivity contribution < 1.29 is 9.72 Å².